The fourth-order valence-corrected chi connectivity index (χ4v) is 21.4. The van der Waals surface area contributed by atoms with E-state index in [2.05, 4.69) is 97.6 Å². The molecule has 0 atom stereocenters. The number of piperazine rings is 2. The summed E-state index contributed by atoms with van der Waals surface area (Å²) in [5, 5.41) is 31.9. The molecule has 16 rings (SSSR count). The van der Waals surface area contributed by atoms with E-state index in [4.69, 9.17) is 4.74 Å². The summed E-state index contributed by atoms with van der Waals surface area (Å²) in [5.41, 5.74) is 5.86. The van der Waals surface area contributed by atoms with Crippen LogP contribution in [0.1, 0.15) is 109 Å². The fourth-order valence-electron chi connectivity index (χ4n) is 15.5. The molecule has 0 unspecified atom stereocenters. The second-order valence-electron chi connectivity index (χ2n) is 33.4. The van der Waals surface area contributed by atoms with Crippen molar-refractivity contribution >= 4 is 56.4 Å². The van der Waals surface area contributed by atoms with Gasteiger partial charge in [-0.1, -0.05) is 109 Å². The lowest BCUT2D eigenvalue weighted by Gasteiger charge is -2.43. The quantitative estimate of drug-likeness (QED) is 0.0393. The average Bonchev–Trinajstić information content (AvgIpc) is 1.52. The summed E-state index contributed by atoms with van der Waals surface area (Å²) < 4.78 is 225. The van der Waals surface area contributed by atoms with Crippen LogP contribution in [0, 0.1) is 52.5 Å². The first kappa shape index (κ1) is 96.3. The minimum absolute atomic E-state index is 0.0570. The third-order valence-electron chi connectivity index (χ3n) is 22.3. The van der Waals surface area contributed by atoms with Gasteiger partial charge in [0.1, 0.15) is 45.5 Å². The third kappa shape index (κ3) is 24.7. The van der Waals surface area contributed by atoms with E-state index in [-0.39, 0.29) is 50.8 Å². The molecule has 39 heteroatoms. The SMILES string of the molecule is CCCS(=O)(=O)Cc1ccc(F)c(-n2cc(-c3cccc(N4CCN(C(C)(C)C)CC4)c3)nn2)c1F.CCCS(=O)(=O)Cc1ccc(F)c(-n2cc(-c3cccc(N4CCN(CC5CC5)CC4)c3)nn2)c1F.CCCS(=O)(=O)Cc1ccc(F)c(-n2cc(-c3cccc(N4CCOCC4)c3)nn2)c1F.CCCS(=O)(=O)Cc1ccc(F)c(-n2cc(-c3cccnc3)nn2)c1F. The normalized spacial score (nSPS) is 14.9. The molecular formula is C91H104F8N18O9S4. The average molecular weight is 1870 g/mol. The topological polar surface area (TPSA) is 298 Å². The number of anilines is 3. The van der Waals surface area contributed by atoms with Crippen molar-refractivity contribution in [2.75, 3.05) is 123 Å². The molecule has 0 spiro atoms. The van der Waals surface area contributed by atoms with Gasteiger partial charge in [-0.2, -0.15) is 0 Å². The summed E-state index contributed by atoms with van der Waals surface area (Å²) in [5.74, 6) is -8.53. The molecular weight excluding hydrogens is 1770 g/mol. The van der Waals surface area contributed by atoms with Crippen LogP contribution in [-0.2, 0) is 67.1 Å². The molecule has 130 heavy (non-hydrogen) atoms. The molecule has 12 aromatic rings. The van der Waals surface area contributed by atoms with Gasteiger partial charge in [0.2, 0.25) is 0 Å². The fraction of sp³-hybridized carbons (Fsp3) is 0.396. The number of morpholine rings is 1. The number of halogens is 8. The van der Waals surface area contributed by atoms with Crippen molar-refractivity contribution in [3.05, 3.63) is 239 Å². The first-order valence-electron chi connectivity index (χ1n) is 43.0. The molecule has 1 saturated carbocycles. The standard InChI is InChI=1S/C26H31F2N5O2S.C26H33F2N5O2S.C22H24F2N4O3S.C17H16F2N4O2S/c1-2-14-36(34,35)18-21-8-9-23(27)26(25(21)28)33-17-24(29-30-33)20-4-3-5-22(15-20)32-12-10-31(11-13-32)16-19-6-7-19;1-5-15-36(34,35)18-20-9-10-22(27)25(24(20)28)33-17-23(29-30-33)19-7-6-8-21(16-19)31-11-13-32(14-12-31)26(2,3)4;1-2-12-32(29,30)15-17-6-7-19(23)22(21(17)24)28-14-20(25-26-28)16-4-3-5-18(13-16)27-8-10-31-11-9-27;1-2-8-26(24,25)11-13-5-6-14(18)17(16(13)19)23-10-15(21-22-23)12-4-3-7-20-9-12/h3-5,8-9,15,17,19H,2,6-7,10-14,16,18H2,1H3;6-10,16-17H,5,11-15,18H2,1-4H3;3-7,13-14H,2,8-12,15H2,1H3;3-7,9-10H,2,8,11H2,1H3. The van der Waals surface area contributed by atoms with Gasteiger partial charge in [-0.15, -0.1) is 20.4 Å². The first-order chi connectivity index (χ1) is 62.1. The molecule has 0 bridgehead atoms. The van der Waals surface area contributed by atoms with Crippen molar-refractivity contribution in [3.63, 3.8) is 0 Å². The largest absolute Gasteiger partial charge is 0.378 e. The highest BCUT2D eigenvalue weighted by molar-refractivity contribution is 7.91. The third-order valence-corrected chi connectivity index (χ3v) is 29.5. The van der Waals surface area contributed by atoms with E-state index in [9.17, 15) is 55.6 Å². The van der Waals surface area contributed by atoms with Crippen LogP contribution in [-0.4, -0.2) is 222 Å². The van der Waals surface area contributed by atoms with Gasteiger partial charge in [-0.25, -0.2) is 87.5 Å². The van der Waals surface area contributed by atoms with Gasteiger partial charge in [0, 0.05) is 151 Å². The summed E-state index contributed by atoms with van der Waals surface area (Å²) in [6.45, 7) is 25.4. The molecule has 3 saturated heterocycles. The zero-order valence-electron chi connectivity index (χ0n) is 73.2. The molecule has 0 amide bonds. The van der Waals surface area contributed by atoms with Crippen molar-refractivity contribution in [2.24, 2.45) is 5.92 Å². The van der Waals surface area contributed by atoms with Gasteiger partial charge in [-0.05, 0) is 138 Å². The van der Waals surface area contributed by atoms with Crippen LogP contribution in [0.3, 0.4) is 0 Å². The number of ether oxygens (including phenoxy) is 1. The summed E-state index contributed by atoms with van der Waals surface area (Å²) in [6, 6.07) is 35.7. The number of aromatic nitrogens is 13. The second-order valence-corrected chi connectivity index (χ2v) is 42.1. The van der Waals surface area contributed by atoms with Crippen LogP contribution in [0.15, 0.2) is 171 Å². The maximum absolute atomic E-state index is 15.2. The van der Waals surface area contributed by atoms with Crippen molar-refractivity contribution in [1.82, 2.24) is 74.8 Å². The summed E-state index contributed by atoms with van der Waals surface area (Å²) >= 11 is 0. The van der Waals surface area contributed by atoms with Gasteiger partial charge in [0.25, 0.3) is 0 Å². The van der Waals surface area contributed by atoms with Crippen molar-refractivity contribution in [3.8, 4) is 67.8 Å². The van der Waals surface area contributed by atoms with Crippen LogP contribution in [0.5, 0.6) is 0 Å². The Balaban J connectivity index is 0.000000149. The Kier molecular flexibility index (Phi) is 31.4. The van der Waals surface area contributed by atoms with Crippen LogP contribution in [0.2, 0.25) is 0 Å². The van der Waals surface area contributed by atoms with Crippen LogP contribution in [0.25, 0.3) is 67.8 Å². The summed E-state index contributed by atoms with van der Waals surface area (Å²) in [4.78, 5) is 15.8. The monoisotopic (exact) mass is 1870 g/mol. The van der Waals surface area contributed by atoms with Gasteiger partial charge < -0.3 is 19.4 Å². The predicted octanol–water partition coefficient (Wildman–Crippen LogP) is 14.8. The zero-order valence-corrected chi connectivity index (χ0v) is 76.5. The molecule has 692 valence electrons. The first-order valence-corrected chi connectivity index (χ1v) is 50.3. The molecule has 4 aliphatic rings. The molecule has 27 nitrogen and oxygen atoms in total. The molecule has 3 aliphatic heterocycles. The highest BCUT2D eigenvalue weighted by Gasteiger charge is 2.32. The number of pyridine rings is 1. The van der Waals surface area contributed by atoms with E-state index in [1.54, 1.807) is 52.2 Å². The van der Waals surface area contributed by atoms with Gasteiger partial charge in [-0.3, -0.25) is 14.8 Å². The lowest BCUT2D eigenvalue weighted by molar-refractivity contribution is 0.122. The lowest BCUT2D eigenvalue weighted by Crippen LogP contribution is -2.53. The Bertz CT molecular complexity index is 6420. The number of nitrogens with zero attached hydrogens (tertiary/aromatic N) is 18. The number of sulfone groups is 4. The summed E-state index contributed by atoms with van der Waals surface area (Å²) in [7, 11) is -14.0. The van der Waals surface area contributed by atoms with E-state index in [0.29, 0.717) is 67.2 Å². The smallest absolute Gasteiger partial charge is 0.156 e. The molecule has 7 aromatic carbocycles. The van der Waals surface area contributed by atoms with E-state index in [1.165, 1.54) is 56.3 Å². The highest BCUT2D eigenvalue weighted by Crippen LogP contribution is 2.35. The van der Waals surface area contributed by atoms with Crippen molar-refractivity contribution in [2.45, 2.75) is 116 Å². The van der Waals surface area contributed by atoms with Gasteiger partial charge >= 0.3 is 0 Å². The van der Waals surface area contributed by atoms with E-state index in [1.807, 2.05) is 66.7 Å². The van der Waals surface area contributed by atoms with Crippen LogP contribution < -0.4 is 14.7 Å². The van der Waals surface area contributed by atoms with Crippen molar-refractivity contribution in [1.29, 1.82) is 0 Å². The Hall–Kier alpha value is -11.2. The van der Waals surface area contributed by atoms with E-state index in [0.717, 1.165) is 160 Å². The van der Waals surface area contributed by atoms with Crippen LogP contribution >= 0.6 is 0 Å². The minimum Gasteiger partial charge on any atom is -0.378 e. The van der Waals surface area contributed by atoms with Crippen LogP contribution in [0.4, 0.5) is 52.2 Å². The number of rotatable bonds is 29. The second kappa shape index (κ2) is 42.3. The molecule has 1 aliphatic carbocycles. The Morgan fingerprint density at radius 3 is 0.962 bits per heavy atom. The molecule has 8 heterocycles. The highest BCUT2D eigenvalue weighted by atomic mass is 32.2. The Morgan fingerprint density at radius 2 is 0.669 bits per heavy atom. The maximum atomic E-state index is 15.2. The number of hydrogen-bond acceptors (Lipinski definition) is 23. The van der Waals surface area contributed by atoms with Crippen molar-refractivity contribution < 1.29 is 73.5 Å². The maximum Gasteiger partial charge on any atom is 0.156 e. The molecule has 4 fully saturated rings. The summed E-state index contributed by atoms with van der Waals surface area (Å²) in [6.07, 6.45) is 13.3. The Labute approximate surface area is 751 Å². The lowest BCUT2D eigenvalue weighted by atomic mass is 10.0. The predicted molar refractivity (Wildman–Crippen MR) is 484 cm³/mol. The Morgan fingerprint density at radius 1 is 0.369 bits per heavy atom. The van der Waals surface area contributed by atoms with Gasteiger partial charge in [0.15, 0.2) is 85.9 Å². The van der Waals surface area contributed by atoms with E-state index < -0.39 is 132 Å². The van der Waals surface area contributed by atoms with Gasteiger partial charge in [0.05, 0.1) is 84.0 Å². The number of benzene rings is 7. The molecule has 0 radical (unpaired) electrons. The molecule has 5 aromatic heterocycles. The van der Waals surface area contributed by atoms with E-state index >= 15 is 13.2 Å². The number of hydrogen-bond donors (Lipinski definition) is 0. The molecule has 0 N–H and O–H groups in total. The minimum atomic E-state index is -3.50. The zero-order chi connectivity index (χ0) is 92.8.